The van der Waals surface area contributed by atoms with E-state index in [1.165, 1.54) is 0 Å². The maximum atomic E-state index is 13.0. The number of pyridine rings is 1. The summed E-state index contributed by atoms with van der Waals surface area (Å²) >= 11 is 0. The molecule has 1 aromatic carbocycles. The summed E-state index contributed by atoms with van der Waals surface area (Å²) in [5.41, 5.74) is 4.66. The van der Waals surface area contributed by atoms with E-state index in [0.29, 0.717) is 43.6 Å². The first kappa shape index (κ1) is 17.4. The molecule has 5 rings (SSSR count). The minimum absolute atomic E-state index is 0.0846. The number of imidazole rings is 1. The highest BCUT2D eigenvalue weighted by Crippen LogP contribution is 2.17. The van der Waals surface area contributed by atoms with E-state index in [9.17, 15) is 9.59 Å². The molecule has 146 valence electrons. The number of hydrogen-bond donors (Lipinski definition) is 2. The van der Waals surface area contributed by atoms with Crippen molar-refractivity contribution in [1.82, 2.24) is 29.6 Å². The number of hydrogen-bond acceptors (Lipinski definition) is 4. The number of aromatic nitrogens is 5. The molecule has 3 aromatic heterocycles. The molecule has 2 N–H and O–H groups in total. The smallest absolute Gasteiger partial charge is 0.267 e. The van der Waals surface area contributed by atoms with Gasteiger partial charge in [0, 0.05) is 37.0 Å². The molecule has 4 heterocycles. The van der Waals surface area contributed by atoms with Crippen molar-refractivity contribution in [1.29, 1.82) is 0 Å². The average Bonchev–Trinajstić information content (AvgIpc) is 3.23. The van der Waals surface area contributed by atoms with Gasteiger partial charge in [0.1, 0.15) is 5.52 Å². The van der Waals surface area contributed by atoms with Crippen LogP contribution in [0.4, 0.5) is 0 Å². The molecule has 0 unspecified atom stereocenters. The fourth-order valence-corrected chi connectivity index (χ4v) is 3.85. The molecule has 0 aliphatic carbocycles. The SMILES string of the molecule is O=C(c1cnc2c(c1)ncn2Cc1ccccc1)N1CCc2[nH][nH]c(=O)c2CC1. The highest BCUT2D eigenvalue weighted by molar-refractivity contribution is 5.96. The summed E-state index contributed by atoms with van der Waals surface area (Å²) in [6, 6.07) is 11.9. The van der Waals surface area contributed by atoms with Crippen LogP contribution in [-0.4, -0.2) is 48.6 Å². The van der Waals surface area contributed by atoms with Crippen molar-refractivity contribution < 1.29 is 4.79 Å². The molecule has 29 heavy (non-hydrogen) atoms. The van der Waals surface area contributed by atoms with Crippen LogP contribution in [0.25, 0.3) is 11.2 Å². The highest BCUT2D eigenvalue weighted by atomic mass is 16.2. The maximum absolute atomic E-state index is 13.0. The van der Waals surface area contributed by atoms with Gasteiger partial charge in [0.25, 0.3) is 11.5 Å². The first-order valence-corrected chi connectivity index (χ1v) is 9.61. The Kier molecular flexibility index (Phi) is 4.23. The van der Waals surface area contributed by atoms with Crippen LogP contribution in [0.5, 0.6) is 0 Å². The summed E-state index contributed by atoms with van der Waals surface area (Å²) in [4.78, 5) is 35.6. The largest absolute Gasteiger partial charge is 0.338 e. The lowest BCUT2D eigenvalue weighted by atomic mass is 10.1. The Labute approximate surface area is 166 Å². The lowest BCUT2D eigenvalue weighted by molar-refractivity contribution is 0.0762. The molecule has 0 saturated heterocycles. The highest BCUT2D eigenvalue weighted by Gasteiger charge is 2.23. The fraction of sp³-hybridized carbons (Fsp3) is 0.238. The Morgan fingerprint density at radius 2 is 1.90 bits per heavy atom. The standard InChI is InChI=1S/C21H20N6O2/c28-20-16-6-8-26(9-7-17(16)24-25-20)21(29)15-10-18-19(22-11-15)27(13-23-18)12-14-4-2-1-3-5-14/h1-5,10-11,13H,6-9,12H2,(H2,24,25,28). The second-order valence-electron chi connectivity index (χ2n) is 7.25. The zero-order valence-electron chi connectivity index (χ0n) is 15.8. The third kappa shape index (κ3) is 3.22. The molecule has 8 heteroatoms. The van der Waals surface area contributed by atoms with E-state index in [2.05, 4.69) is 32.3 Å². The second-order valence-corrected chi connectivity index (χ2v) is 7.25. The van der Waals surface area contributed by atoms with Crippen LogP contribution in [0.2, 0.25) is 0 Å². The van der Waals surface area contributed by atoms with E-state index in [0.717, 1.165) is 22.5 Å². The van der Waals surface area contributed by atoms with E-state index in [4.69, 9.17) is 0 Å². The third-order valence-corrected chi connectivity index (χ3v) is 5.41. The zero-order valence-corrected chi connectivity index (χ0v) is 15.8. The molecule has 0 bridgehead atoms. The third-order valence-electron chi connectivity index (χ3n) is 5.41. The average molecular weight is 388 g/mol. The van der Waals surface area contributed by atoms with E-state index in [1.807, 2.05) is 22.8 Å². The van der Waals surface area contributed by atoms with Crippen molar-refractivity contribution in [3.63, 3.8) is 0 Å². The molecule has 0 saturated carbocycles. The minimum Gasteiger partial charge on any atom is -0.338 e. The van der Waals surface area contributed by atoms with Crippen molar-refractivity contribution in [3.05, 3.63) is 81.7 Å². The first-order valence-electron chi connectivity index (χ1n) is 9.61. The van der Waals surface area contributed by atoms with Crippen molar-refractivity contribution in [3.8, 4) is 0 Å². The van der Waals surface area contributed by atoms with Crippen LogP contribution in [0.3, 0.4) is 0 Å². The van der Waals surface area contributed by atoms with Gasteiger partial charge in [-0.15, -0.1) is 0 Å². The lowest BCUT2D eigenvalue weighted by Gasteiger charge is -2.20. The van der Waals surface area contributed by atoms with Crippen molar-refractivity contribution in [2.24, 2.45) is 0 Å². The second kappa shape index (κ2) is 7.05. The Hall–Kier alpha value is -3.68. The van der Waals surface area contributed by atoms with Gasteiger partial charge in [-0.3, -0.25) is 14.7 Å². The maximum Gasteiger partial charge on any atom is 0.267 e. The molecule has 4 aromatic rings. The number of amides is 1. The predicted molar refractivity (Wildman–Crippen MR) is 108 cm³/mol. The van der Waals surface area contributed by atoms with Gasteiger partial charge in [-0.2, -0.15) is 0 Å². The Morgan fingerprint density at radius 3 is 2.76 bits per heavy atom. The summed E-state index contributed by atoms with van der Waals surface area (Å²) < 4.78 is 1.98. The van der Waals surface area contributed by atoms with E-state index in [-0.39, 0.29) is 11.5 Å². The van der Waals surface area contributed by atoms with Gasteiger partial charge < -0.3 is 14.6 Å². The number of H-pyrrole nitrogens is 2. The van der Waals surface area contributed by atoms with Crippen LogP contribution < -0.4 is 5.56 Å². The minimum atomic E-state index is -0.0960. The molecule has 8 nitrogen and oxygen atoms in total. The van der Waals surface area contributed by atoms with Crippen LogP contribution >= 0.6 is 0 Å². The number of benzene rings is 1. The molecule has 0 atom stereocenters. The summed E-state index contributed by atoms with van der Waals surface area (Å²) in [7, 11) is 0. The summed E-state index contributed by atoms with van der Waals surface area (Å²) in [6.45, 7) is 1.74. The molecule has 0 fully saturated rings. The van der Waals surface area contributed by atoms with Crippen molar-refractivity contribution >= 4 is 17.1 Å². The van der Waals surface area contributed by atoms with Gasteiger partial charge in [0.05, 0.1) is 18.4 Å². The topological polar surface area (TPSA) is 99.7 Å². The van der Waals surface area contributed by atoms with Crippen LogP contribution in [0.15, 0.2) is 53.7 Å². The molecule has 0 spiro atoms. The van der Waals surface area contributed by atoms with Gasteiger partial charge in [-0.1, -0.05) is 30.3 Å². The van der Waals surface area contributed by atoms with E-state index >= 15 is 0 Å². The Bertz CT molecular complexity index is 1240. The van der Waals surface area contributed by atoms with Crippen molar-refractivity contribution in [2.45, 2.75) is 19.4 Å². The summed E-state index contributed by atoms with van der Waals surface area (Å²) in [5.74, 6) is -0.0846. The number of nitrogens with one attached hydrogen (secondary N) is 2. The number of aromatic amines is 2. The predicted octanol–water partition coefficient (Wildman–Crippen LogP) is 1.74. The summed E-state index contributed by atoms with van der Waals surface area (Å²) in [5, 5.41) is 5.53. The first-order chi connectivity index (χ1) is 14.2. The van der Waals surface area contributed by atoms with Gasteiger partial charge in [-0.05, 0) is 18.1 Å². The quantitative estimate of drug-likeness (QED) is 0.558. The number of carbonyl (C=O) groups excluding carboxylic acids is 1. The van der Waals surface area contributed by atoms with Gasteiger partial charge in [0.2, 0.25) is 0 Å². The molecule has 1 aliphatic rings. The number of fused-ring (bicyclic) bond motifs is 2. The molecular formula is C21H20N6O2. The molecule has 1 amide bonds. The monoisotopic (exact) mass is 388 g/mol. The zero-order chi connectivity index (χ0) is 19.8. The van der Waals surface area contributed by atoms with Crippen LogP contribution in [-0.2, 0) is 19.4 Å². The fourth-order valence-electron chi connectivity index (χ4n) is 3.85. The number of rotatable bonds is 3. The molecular weight excluding hydrogens is 368 g/mol. The lowest BCUT2D eigenvalue weighted by Crippen LogP contribution is -2.33. The summed E-state index contributed by atoms with van der Waals surface area (Å²) in [6.07, 6.45) is 4.54. The van der Waals surface area contributed by atoms with E-state index < -0.39 is 0 Å². The Balaban J connectivity index is 1.36. The Morgan fingerprint density at radius 1 is 1.07 bits per heavy atom. The number of carbonyl (C=O) groups is 1. The normalized spacial score (nSPS) is 14.0. The van der Waals surface area contributed by atoms with E-state index in [1.54, 1.807) is 23.5 Å². The number of nitrogens with zero attached hydrogens (tertiary/aromatic N) is 4. The van der Waals surface area contributed by atoms with Crippen molar-refractivity contribution in [2.75, 3.05) is 13.1 Å². The molecule has 1 aliphatic heterocycles. The molecule has 0 radical (unpaired) electrons. The van der Waals surface area contributed by atoms with Crippen LogP contribution in [0, 0.1) is 0 Å². The van der Waals surface area contributed by atoms with Crippen LogP contribution in [0.1, 0.15) is 27.2 Å². The van der Waals surface area contributed by atoms with Gasteiger partial charge in [-0.25, -0.2) is 9.97 Å². The van der Waals surface area contributed by atoms with Gasteiger partial charge in [0.15, 0.2) is 5.65 Å². The van der Waals surface area contributed by atoms with Gasteiger partial charge >= 0.3 is 0 Å².